The summed E-state index contributed by atoms with van der Waals surface area (Å²) in [6.07, 6.45) is 0. The highest BCUT2D eigenvalue weighted by Crippen LogP contribution is 2.27. The number of carboxylic acid groups (broad SMARTS) is 1. The molecule has 1 fully saturated rings. The van der Waals surface area contributed by atoms with Crippen LogP contribution < -0.4 is 4.90 Å². The zero-order chi connectivity index (χ0) is 18.8. The predicted molar refractivity (Wildman–Crippen MR) is 105 cm³/mol. The summed E-state index contributed by atoms with van der Waals surface area (Å²) in [6.45, 7) is 2.70. The first-order valence-electron chi connectivity index (χ1n) is 9.08. The Bertz CT molecular complexity index is 950. The van der Waals surface area contributed by atoms with Crippen molar-refractivity contribution in [2.75, 3.05) is 31.1 Å². The summed E-state index contributed by atoms with van der Waals surface area (Å²) in [5, 5.41) is 12.0. The first kappa shape index (κ1) is 17.5. The maximum Gasteiger partial charge on any atom is 0.325 e. The van der Waals surface area contributed by atoms with E-state index in [-0.39, 0.29) is 5.82 Å². The number of halogens is 1. The van der Waals surface area contributed by atoms with E-state index in [4.69, 9.17) is 0 Å². The van der Waals surface area contributed by atoms with Gasteiger partial charge in [0.15, 0.2) is 0 Å². The predicted octanol–water partition coefficient (Wildman–Crippen LogP) is 3.93. The molecule has 1 saturated heterocycles. The van der Waals surface area contributed by atoms with E-state index >= 15 is 0 Å². The number of carbonyl (C=O) groups is 1. The lowest BCUT2D eigenvalue weighted by Crippen LogP contribution is -2.49. The first-order chi connectivity index (χ1) is 13.1. The lowest BCUT2D eigenvalue weighted by Gasteiger charge is -2.39. The lowest BCUT2D eigenvalue weighted by atomic mass is 10.00. The van der Waals surface area contributed by atoms with Crippen molar-refractivity contribution in [1.29, 1.82) is 0 Å². The monoisotopic (exact) mass is 364 g/mol. The Kier molecular flexibility index (Phi) is 4.77. The van der Waals surface area contributed by atoms with Crippen molar-refractivity contribution < 1.29 is 14.3 Å². The summed E-state index contributed by atoms with van der Waals surface area (Å²) >= 11 is 0. The van der Waals surface area contributed by atoms with Crippen LogP contribution in [0.25, 0.3) is 10.8 Å². The molecule has 27 heavy (non-hydrogen) atoms. The first-order valence-corrected chi connectivity index (χ1v) is 9.08. The summed E-state index contributed by atoms with van der Waals surface area (Å²) in [6, 6.07) is 19.6. The molecule has 0 saturated carbocycles. The van der Waals surface area contributed by atoms with E-state index in [1.165, 1.54) is 12.1 Å². The average molecular weight is 364 g/mol. The number of fused-ring (bicyclic) bond motifs is 1. The second kappa shape index (κ2) is 7.37. The van der Waals surface area contributed by atoms with Crippen LogP contribution in [0.5, 0.6) is 0 Å². The van der Waals surface area contributed by atoms with Crippen LogP contribution in [0.2, 0.25) is 0 Å². The fraction of sp³-hybridized carbons (Fsp3) is 0.227. The van der Waals surface area contributed by atoms with Crippen molar-refractivity contribution in [1.82, 2.24) is 4.90 Å². The van der Waals surface area contributed by atoms with Gasteiger partial charge < -0.3 is 10.0 Å². The highest BCUT2D eigenvalue weighted by atomic mass is 19.1. The number of hydrogen-bond donors (Lipinski definition) is 1. The molecule has 0 aliphatic carbocycles. The van der Waals surface area contributed by atoms with Gasteiger partial charge in [0.2, 0.25) is 0 Å². The fourth-order valence-corrected chi connectivity index (χ4v) is 3.78. The van der Waals surface area contributed by atoms with Crippen molar-refractivity contribution >= 4 is 22.4 Å². The zero-order valence-electron chi connectivity index (χ0n) is 14.9. The maximum absolute atomic E-state index is 13.1. The number of piperazine rings is 1. The molecule has 1 aliphatic rings. The highest BCUT2D eigenvalue weighted by Gasteiger charge is 2.30. The topological polar surface area (TPSA) is 43.8 Å². The van der Waals surface area contributed by atoms with Gasteiger partial charge in [-0.25, -0.2) is 4.39 Å². The number of aliphatic carboxylic acids is 1. The van der Waals surface area contributed by atoms with Crippen LogP contribution in [0.15, 0.2) is 66.7 Å². The molecule has 0 aromatic heterocycles. The van der Waals surface area contributed by atoms with Crippen molar-refractivity contribution in [2.24, 2.45) is 0 Å². The smallest absolute Gasteiger partial charge is 0.325 e. The van der Waals surface area contributed by atoms with Gasteiger partial charge in [-0.1, -0.05) is 36.4 Å². The van der Waals surface area contributed by atoms with Gasteiger partial charge in [0.05, 0.1) is 0 Å². The number of rotatable bonds is 4. The normalized spacial score (nSPS) is 16.4. The Balaban J connectivity index is 1.53. The zero-order valence-corrected chi connectivity index (χ0v) is 14.9. The largest absolute Gasteiger partial charge is 0.480 e. The summed E-state index contributed by atoms with van der Waals surface area (Å²) < 4.78 is 13.1. The molecular weight excluding hydrogens is 343 g/mol. The molecule has 0 spiro atoms. The molecule has 0 bridgehead atoms. The standard InChI is InChI=1S/C22H21FN2O2/c23-19-7-9-20(10-8-19)24-11-13-25(14-12-24)21(22(26)27)18-6-5-16-3-1-2-4-17(16)15-18/h1-10,15,21H,11-14H2,(H,26,27)/t21-/m0/s1. The van der Waals surface area contributed by atoms with Gasteiger partial charge in [-0.05, 0) is 46.7 Å². The summed E-state index contributed by atoms with van der Waals surface area (Å²) in [7, 11) is 0. The molecule has 1 heterocycles. The van der Waals surface area contributed by atoms with Crippen LogP contribution in [-0.2, 0) is 4.79 Å². The maximum atomic E-state index is 13.1. The van der Waals surface area contributed by atoms with Crippen LogP contribution in [0.1, 0.15) is 11.6 Å². The Morgan fingerprint density at radius 1 is 0.889 bits per heavy atom. The quantitative estimate of drug-likeness (QED) is 0.762. The molecule has 1 atom stereocenters. The average Bonchev–Trinajstić information content (AvgIpc) is 2.69. The van der Waals surface area contributed by atoms with Crippen molar-refractivity contribution in [3.8, 4) is 0 Å². The van der Waals surface area contributed by atoms with E-state index in [1.54, 1.807) is 12.1 Å². The van der Waals surface area contributed by atoms with Crippen LogP contribution >= 0.6 is 0 Å². The lowest BCUT2D eigenvalue weighted by molar-refractivity contribution is -0.143. The van der Waals surface area contributed by atoms with E-state index < -0.39 is 12.0 Å². The summed E-state index contributed by atoms with van der Waals surface area (Å²) in [5.74, 6) is -1.08. The third-order valence-corrected chi connectivity index (χ3v) is 5.19. The minimum atomic E-state index is -0.833. The van der Waals surface area contributed by atoms with E-state index in [9.17, 15) is 14.3 Å². The van der Waals surface area contributed by atoms with Crippen LogP contribution in [0.4, 0.5) is 10.1 Å². The van der Waals surface area contributed by atoms with E-state index in [0.29, 0.717) is 26.2 Å². The highest BCUT2D eigenvalue weighted by molar-refractivity contribution is 5.85. The van der Waals surface area contributed by atoms with Gasteiger partial charge in [0, 0.05) is 31.9 Å². The van der Waals surface area contributed by atoms with Gasteiger partial charge >= 0.3 is 5.97 Å². The Morgan fingerprint density at radius 3 is 2.22 bits per heavy atom. The van der Waals surface area contributed by atoms with Crippen LogP contribution in [0.3, 0.4) is 0 Å². The third kappa shape index (κ3) is 3.64. The molecule has 1 aliphatic heterocycles. The Labute approximate surface area is 157 Å². The molecule has 0 amide bonds. The van der Waals surface area contributed by atoms with E-state index in [0.717, 1.165) is 22.0 Å². The Morgan fingerprint density at radius 2 is 1.56 bits per heavy atom. The third-order valence-electron chi connectivity index (χ3n) is 5.19. The number of nitrogens with zero attached hydrogens (tertiary/aromatic N) is 2. The van der Waals surface area contributed by atoms with Crippen LogP contribution in [0, 0.1) is 5.82 Å². The molecular formula is C22H21FN2O2. The summed E-state index contributed by atoms with van der Waals surface area (Å²) in [5.41, 5.74) is 1.77. The van der Waals surface area contributed by atoms with Crippen molar-refractivity contribution in [3.05, 3.63) is 78.1 Å². The van der Waals surface area contributed by atoms with Crippen molar-refractivity contribution in [2.45, 2.75) is 6.04 Å². The van der Waals surface area contributed by atoms with Gasteiger partial charge in [0.1, 0.15) is 11.9 Å². The number of anilines is 1. The van der Waals surface area contributed by atoms with Crippen LogP contribution in [-0.4, -0.2) is 42.2 Å². The molecule has 0 radical (unpaired) electrons. The minimum absolute atomic E-state index is 0.250. The second-order valence-corrected chi connectivity index (χ2v) is 6.85. The number of benzene rings is 3. The van der Waals surface area contributed by atoms with E-state index in [2.05, 4.69) is 4.90 Å². The number of hydrogen-bond acceptors (Lipinski definition) is 3. The molecule has 1 N–H and O–H groups in total. The molecule has 138 valence electrons. The van der Waals surface area contributed by atoms with Crippen molar-refractivity contribution in [3.63, 3.8) is 0 Å². The molecule has 4 rings (SSSR count). The second-order valence-electron chi connectivity index (χ2n) is 6.85. The molecule has 0 unspecified atom stereocenters. The van der Waals surface area contributed by atoms with Gasteiger partial charge in [-0.15, -0.1) is 0 Å². The number of carboxylic acids is 1. The molecule has 4 nitrogen and oxygen atoms in total. The van der Waals surface area contributed by atoms with Gasteiger partial charge in [-0.3, -0.25) is 9.69 Å². The van der Waals surface area contributed by atoms with Gasteiger partial charge in [0.25, 0.3) is 0 Å². The minimum Gasteiger partial charge on any atom is -0.480 e. The molecule has 3 aromatic carbocycles. The molecule has 5 heteroatoms. The molecule has 3 aromatic rings. The Hall–Kier alpha value is -2.92. The fourth-order valence-electron chi connectivity index (χ4n) is 3.78. The SMILES string of the molecule is O=C(O)[C@H](c1ccc2ccccc2c1)N1CCN(c2ccc(F)cc2)CC1. The van der Waals surface area contributed by atoms with Gasteiger partial charge in [-0.2, -0.15) is 0 Å². The van der Waals surface area contributed by atoms with E-state index in [1.807, 2.05) is 47.4 Å². The summed E-state index contributed by atoms with van der Waals surface area (Å²) in [4.78, 5) is 16.2.